The number of alkyl halides is 2. The lowest BCUT2D eigenvalue weighted by Crippen LogP contribution is -2.44. The standard InChI is InChI=1S/C32H44F3N7O5/c1-18(2)28-39-30(47-40-28)41-9-7-19(8-10-41)27(17-44-6)45-20-13-36-29(37-14-20)42-15-22(21-11-24(34)25(35)12-23(21)33)26(16-42)38-31(43)46-32(3,4)5/h11-14,18-19,22,24-27H,7-10,15-17H2,1-6H3,(H,38,43)/t22-,24?,25?,26+,27?/m1/s1. The maximum Gasteiger partial charge on any atom is 0.407 e. The van der Waals surface area contributed by atoms with Gasteiger partial charge in [0.25, 0.3) is 0 Å². The monoisotopic (exact) mass is 663 g/mol. The Labute approximate surface area is 272 Å². The van der Waals surface area contributed by atoms with E-state index in [2.05, 4.69) is 30.3 Å². The Morgan fingerprint density at radius 2 is 1.77 bits per heavy atom. The zero-order valence-corrected chi connectivity index (χ0v) is 27.7. The molecule has 4 heterocycles. The van der Waals surface area contributed by atoms with Crippen LogP contribution in [0.2, 0.25) is 0 Å². The molecule has 0 aromatic carbocycles. The first-order valence-corrected chi connectivity index (χ1v) is 16.0. The van der Waals surface area contributed by atoms with Crippen LogP contribution in [0.25, 0.3) is 0 Å². The minimum Gasteiger partial charge on any atom is -0.484 e. The van der Waals surface area contributed by atoms with E-state index < -0.39 is 41.8 Å². The molecule has 1 aliphatic carbocycles. The largest absolute Gasteiger partial charge is 0.484 e. The average Bonchev–Trinajstić information content (AvgIpc) is 3.67. The first-order chi connectivity index (χ1) is 22.3. The molecule has 0 saturated carbocycles. The Balaban J connectivity index is 1.24. The summed E-state index contributed by atoms with van der Waals surface area (Å²) in [5.74, 6) is 0.278. The summed E-state index contributed by atoms with van der Waals surface area (Å²) >= 11 is 0. The van der Waals surface area contributed by atoms with Crippen LogP contribution in [0.1, 0.15) is 59.2 Å². The van der Waals surface area contributed by atoms with Crippen molar-refractivity contribution in [3.63, 3.8) is 0 Å². The molecule has 5 rings (SSSR count). The van der Waals surface area contributed by atoms with Crippen molar-refractivity contribution in [1.29, 1.82) is 0 Å². The number of nitrogens with zero attached hydrogens (tertiary/aromatic N) is 6. The number of allylic oxidation sites excluding steroid dienone is 3. The van der Waals surface area contributed by atoms with Crippen molar-refractivity contribution < 1.29 is 36.7 Å². The van der Waals surface area contributed by atoms with Gasteiger partial charge < -0.3 is 33.9 Å². The van der Waals surface area contributed by atoms with E-state index >= 15 is 0 Å². The molecule has 258 valence electrons. The SMILES string of the molecule is COCC(Oc1cnc(N2C[C@H](NC(=O)OC(C)(C)C)[C@@H](C3=CC(F)C(F)C=C3F)C2)nc1)C1CCN(c2nc(C(C)C)no2)CC1. The molecule has 3 aliphatic rings. The highest BCUT2D eigenvalue weighted by Gasteiger charge is 2.41. The second-order valence-electron chi connectivity index (χ2n) is 13.5. The number of rotatable bonds is 10. The maximum absolute atomic E-state index is 14.9. The van der Waals surface area contributed by atoms with E-state index in [0.29, 0.717) is 36.2 Å². The fourth-order valence-electron chi connectivity index (χ4n) is 6.05. The molecule has 0 spiro atoms. The van der Waals surface area contributed by atoms with Crippen molar-refractivity contribution in [2.45, 2.75) is 83.5 Å². The molecule has 1 amide bonds. The minimum absolute atomic E-state index is 0.0113. The Kier molecular flexibility index (Phi) is 10.6. The van der Waals surface area contributed by atoms with E-state index in [0.717, 1.165) is 32.0 Å². The molecule has 2 aromatic heterocycles. The molecule has 2 saturated heterocycles. The molecular weight excluding hydrogens is 619 g/mol. The van der Waals surface area contributed by atoms with Crippen molar-refractivity contribution in [3.8, 4) is 5.75 Å². The van der Waals surface area contributed by atoms with Crippen LogP contribution in [0.5, 0.6) is 5.75 Å². The summed E-state index contributed by atoms with van der Waals surface area (Å²) in [4.78, 5) is 30.0. The number of piperidine rings is 1. The predicted molar refractivity (Wildman–Crippen MR) is 168 cm³/mol. The molecule has 0 radical (unpaired) electrons. The third kappa shape index (κ3) is 8.54. The zero-order chi connectivity index (χ0) is 33.9. The quantitative estimate of drug-likeness (QED) is 0.365. The summed E-state index contributed by atoms with van der Waals surface area (Å²) in [6, 6.07) is -0.151. The number of amides is 1. The number of carbonyl (C=O) groups is 1. The van der Waals surface area contributed by atoms with Gasteiger partial charge in [-0.05, 0) is 51.3 Å². The number of hydrogen-bond acceptors (Lipinski definition) is 11. The van der Waals surface area contributed by atoms with Crippen LogP contribution >= 0.6 is 0 Å². The van der Waals surface area contributed by atoms with Gasteiger partial charge in [-0.25, -0.2) is 27.9 Å². The highest BCUT2D eigenvalue weighted by Crippen LogP contribution is 2.36. The van der Waals surface area contributed by atoms with Crippen LogP contribution < -0.4 is 19.9 Å². The van der Waals surface area contributed by atoms with Crippen molar-refractivity contribution >= 4 is 18.1 Å². The number of anilines is 2. The second kappa shape index (κ2) is 14.5. The molecule has 2 aliphatic heterocycles. The van der Waals surface area contributed by atoms with E-state index in [4.69, 9.17) is 18.7 Å². The number of halogens is 3. The average molecular weight is 664 g/mol. The molecule has 2 aromatic rings. The molecular formula is C32H44F3N7O5. The summed E-state index contributed by atoms with van der Waals surface area (Å²) in [5.41, 5.74) is -0.774. The minimum atomic E-state index is -2.07. The van der Waals surface area contributed by atoms with Crippen LogP contribution in [-0.4, -0.2) is 96.2 Å². The van der Waals surface area contributed by atoms with Crippen molar-refractivity contribution in [3.05, 3.63) is 41.8 Å². The van der Waals surface area contributed by atoms with Crippen LogP contribution in [-0.2, 0) is 9.47 Å². The molecule has 15 heteroatoms. The number of ether oxygens (including phenoxy) is 3. The van der Waals surface area contributed by atoms with Crippen LogP contribution in [0.4, 0.5) is 29.9 Å². The van der Waals surface area contributed by atoms with Crippen molar-refractivity contribution in [1.82, 2.24) is 25.4 Å². The fraction of sp³-hybridized carbons (Fsp3) is 0.656. The van der Waals surface area contributed by atoms with Gasteiger partial charge in [-0.1, -0.05) is 19.0 Å². The number of aromatic nitrogens is 4. The van der Waals surface area contributed by atoms with Gasteiger partial charge in [0.1, 0.15) is 17.5 Å². The Bertz CT molecular complexity index is 1420. The van der Waals surface area contributed by atoms with Crippen molar-refractivity contribution in [2.75, 3.05) is 49.7 Å². The highest BCUT2D eigenvalue weighted by atomic mass is 19.2. The molecule has 0 bridgehead atoms. The van der Waals surface area contributed by atoms with E-state index in [9.17, 15) is 18.0 Å². The molecule has 12 nitrogen and oxygen atoms in total. The lowest BCUT2D eigenvalue weighted by atomic mass is 9.88. The molecule has 47 heavy (non-hydrogen) atoms. The van der Waals surface area contributed by atoms with Gasteiger partial charge in [-0.15, -0.1) is 0 Å². The van der Waals surface area contributed by atoms with Gasteiger partial charge >= 0.3 is 12.1 Å². The first-order valence-electron chi connectivity index (χ1n) is 16.0. The van der Waals surface area contributed by atoms with Gasteiger partial charge in [-0.3, -0.25) is 0 Å². The van der Waals surface area contributed by atoms with Gasteiger partial charge in [0.15, 0.2) is 23.9 Å². The molecule has 2 fully saturated rings. The van der Waals surface area contributed by atoms with Gasteiger partial charge in [0.2, 0.25) is 5.95 Å². The Morgan fingerprint density at radius 1 is 1.09 bits per heavy atom. The highest BCUT2D eigenvalue weighted by molar-refractivity contribution is 5.68. The number of carbonyl (C=O) groups excluding carboxylic acids is 1. The van der Waals surface area contributed by atoms with Gasteiger partial charge in [-0.2, -0.15) is 4.98 Å². The summed E-state index contributed by atoms with van der Waals surface area (Å²) in [7, 11) is 1.63. The van der Waals surface area contributed by atoms with E-state index in [-0.39, 0.29) is 36.6 Å². The topological polar surface area (TPSA) is 128 Å². The Hall–Kier alpha value is -3.88. The number of nitrogens with one attached hydrogen (secondary N) is 1. The smallest absolute Gasteiger partial charge is 0.407 e. The summed E-state index contributed by atoms with van der Waals surface area (Å²) in [6.07, 6.45) is 1.35. The lowest BCUT2D eigenvalue weighted by molar-refractivity contribution is 0.0340. The number of methoxy groups -OCH3 is 1. The first kappa shape index (κ1) is 34.5. The van der Waals surface area contributed by atoms with Crippen molar-refractivity contribution in [2.24, 2.45) is 11.8 Å². The molecule has 5 atom stereocenters. The van der Waals surface area contributed by atoms with Gasteiger partial charge in [0.05, 0.1) is 25.0 Å². The normalized spacial score (nSPS) is 24.6. The van der Waals surface area contributed by atoms with Gasteiger partial charge in [0, 0.05) is 51.0 Å². The second-order valence-corrected chi connectivity index (χ2v) is 13.5. The van der Waals surface area contributed by atoms with Crippen LogP contribution in [0.15, 0.2) is 40.5 Å². The lowest BCUT2D eigenvalue weighted by Gasteiger charge is -2.34. The molecule has 3 unspecified atom stereocenters. The predicted octanol–water partition coefficient (Wildman–Crippen LogP) is 5.09. The van der Waals surface area contributed by atoms with E-state index in [1.807, 2.05) is 13.8 Å². The zero-order valence-electron chi connectivity index (χ0n) is 27.7. The number of alkyl carbamates (subject to hydrolysis) is 1. The molecule has 1 N–H and O–H groups in total. The van der Waals surface area contributed by atoms with Crippen LogP contribution in [0.3, 0.4) is 0 Å². The fourth-order valence-corrected chi connectivity index (χ4v) is 6.05. The van der Waals surface area contributed by atoms with E-state index in [1.165, 1.54) is 0 Å². The summed E-state index contributed by atoms with van der Waals surface area (Å²) in [5, 5.41) is 6.84. The number of hydrogen-bond donors (Lipinski definition) is 1. The van der Waals surface area contributed by atoms with Crippen LogP contribution in [0, 0.1) is 11.8 Å². The summed E-state index contributed by atoms with van der Waals surface area (Å²) in [6.45, 7) is 11.4. The van der Waals surface area contributed by atoms with E-state index in [1.54, 1.807) is 45.2 Å². The Morgan fingerprint density at radius 3 is 2.38 bits per heavy atom. The third-order valence-electron chi connectivity index (χ3n) is 8.44. The summed E-state index contributed by atoms with van der Waals surface area (Å²) < 4.78 is 65.7. The third-order valence-corrected chi connectivity index (χ3v) is 8.44. The maximum atomic E-state index is 14.9.